The molecule has 0 bridgehead atoms. The minimum atomic E-state index is 0. The number of rotatable bonds is 7. The van der Waals surface area contributed by atoms with Crippen LogP contribution < -0.4 is 10.6 Å². The highest BCUT2D eigenvalue weighted by Gasteiger charge is 2.25. The molecule has 2 rings (SSSR count). The molecule has 5 nitrogen and oxygen atoms in total. The zero-order valence-corrected chi connectivity index (χ0v) is 19.0. The van der Waals surface area contributed by atoms with Gasteiger partial charge in [-0.3, -0.25) is 9.89 Å². The molecule has 0 aliphatic carbocycles. The van der Waals surface area contributed by atoms with E-state index in [0.29, 0.717) is 12.6 Å². The SMILES string of the molecule is CN=C(NCC(c1cccs1)N1CCC(C)CC1)NC(C)COC.I. The molecule has 2 heterocycles. The average Bonchev–Trinajstić information content (AvgIpc) is 3.10. The Morgan fingerprint density at radius 2 is 2.16 bits per heavy atom. The van der Waals surface area contributed by atoms with E-state index in [2.05, 4.69) is 51.9 Å². The molecule has 0 spiro atoms. The first kappa shape index (κ1) is 22.7. The van der Waals surface area contributed by atoms with Crippen molar-refractivity contribution in [3.05, 3.63) is 22.4 Å². The van der Waals surface area contributed by atoms with Gasteiger partial charge < -0.3 is 15.4 Å². The van der Waals surface area contributed by atoms with Crippen molar-refractivity contribution in [3.8, 4) is 0 Å². The summed E-state index contributed by atoms with van der Waals surface area (Å²) in [6.45, 7) is 8.35. The van der Waals surface area contributed by atoms with Crippen LogP contribution in [0.4, 0.5) is 0 Å². The smallest absolute Gasteiger partial charge is 0.191 e. The number of thiophene rings is 1. The molecule has 25 heavy (non-hydrogen) atoms. The first-order chi connectivity index (χ1) is 11.6. The monoisotopic (exact) mass is 480 g/mol. The number of nitrogens with one attached hydrogen (secondary N) is 2. The summed E-state index contributed by atoms with van der Waals surface area (Å²) < 4.78 is 5.19. The molecule has 1 aliphatic rings. The Hall–Kier alpha value is -0.380. The van der Waals surface area contributed by atoms with Crippen molar-refractivity contribution in [2.24, 2.45) is 10.9 Å². The van der Waals surface area contributed by atoms with Gasteiger partial charge in [0.25, 0.3) is 0 Å². The Bertz CT molecular complexity index is 489. The molecule has 1 aliphatic heterocycles. The maximum absolute atomic E-state index is 5.19. The number of halogens is 1. The van der Waals surface area contributed by atoms with Crippen LogP contribution in [0.5, 0.6) is 0 Å². The van der Waals surface area contributed by atoms with Crippen LogP contribution in [0.25, 0.3) is 0 Å². The van der Waals surface area contributed by atoms with Crippen molar-refractivity contribution in [2.45, 2.75) is 38.8 Å². The van der Waals surface area contributed by atoms with Crippen LogP contribution in [0, 0.1) is 5.92 Å². The van der Waals surface area contributed by atoms with Crippen LogP contribution >= 0.6 is 35.3 Å². The fourth-order valence-corrected chi connectivity index (χ4v) is 4.00. The Labute approximate surface area is 173 Å². The summed E-state index contributed by atoms with van der Waals surface area (Å²) in [7, 11) is 3.54. The fourth-order valence-electron chi connectivity index (χ4n) is 3.14. The first-order valence-corrected chi connectivity index (χ1v) is 9.75. The number of hydrogen-bond donors (Lipinski definition) is 2. The summed E-state index contributed by atoms with van der Waals surface area (Å²) in [6, 6.07) is 5.04. The van der Waals surface area contributed by atoms with Gasteiger partial charge in [-0.1, -0.05) is 13.0 Å². The second-order valence-electron chi connectivity index (χ2n) is 6.70. The van der Waals surface area contributed by atoms with Gasteiger partial charge in [0.15, 0.2) is 5.96 Å². The third-order valence-electron chi connectivity index (χ3n) is 4.62. The molecule has 144 valence electrons. The molecule has 1 aromatic heterocycles. The van der Waals surface area contributed by atoms with E-state index < -0.39 is 0 Å². The normalized spacial score (nSPS) is 19.1. The van der Waals surface area contributed by atoms with E-state index in [-0.39, 0.29) is 30.0 Å². The van der Waals surface area contributed by atoms with E-state index in [1.54, 1.807) is 7.11 Å². The third kappa shape index (κ3) is 7.40. The van der Waals surface area contributed by atoms with E-state index in [9.17, 15) is 0 Å². The highest BCUT2D eigenvalue weighted by molar-refractivity contribution is 14.0. The maximum atomic E-state index is 5.19. The fraction of sp³-hybridized carbons (Fsp3) is 0.722. The molecule has 1 aromatic rings. The zero-order valence-electron chi connectivity index (χ0n) is 15.8. The molecular formula is C18H33IN4OS. The summed E-state index contributed by atoms with van der Waals surface area (Å²) in [5, 5.41) is 9.05. The van der Waals surface area contributed by atoms with Gasteiger partial charge in [0, 0.05) is 31.6 Å². The second kappa shape index (κ2) is 12.1. The molecule has 7 heteroatoms. The quantitative estimate of drug-likeness (QED) is 0.357. The summed E-state index contributed by atoms with van der Waals surface area (Å²) in [4.78, 5) is 8.39. The van der Waals surface area contributed by atoms with Crippen LogP contribution in [-0.2, 0) is 4.74 Å². The van der Waals surface area contributed by atoms with Crippen LogP contribution in [0.1, 0.15) is 37.6 Å². The lowest BCUT2D eigenvalue weighted by atomic mass is 9.97. The van der Waals surface area contributed by atoms with Gasteiger partial charge in [-0.05, 0) is 50.2 Å². The van der Waals surface area contributed by atoms with Crippen molar-refractivity contribution in [1.82, 2.24) is 15.5 Å². The summed E-state index contributed by atoms with van der Waals surface area (Å²) in [5.74, 6) is 1.69. The number of piperidine rings is 1. The van der Waals surface area contributed by atoms with Crippen LogP contribution in [0.3, 0.4) is 0 Å². The summed E-state index contributed by atoms with van der Waals surface area (Å²) in [5.41, 5.74) is 0. The van der Waals surface area contributed by atoms with E-state index in [4.69, 9.17) is 4.74 Å². The lowest BCUT2D eigenvalue weighted by molar-refractivity contribution is 0.140. The molecule has 0 aromatic carbocycles. The van der Waals surface area contributed by atoms with Crippen molar-refractivity contribution in [3.63, 3.8) is 0 Å². The molecule has 0 radical (unpaired) electrons. The Morgan fingerprint density at radius 3 is 2.72 bits per heavy atom. The summed E-state index contributed by atoms with van der Waals surface area (Å²) in [6.07, 6.45) is 2.58. The minimum Gasteiger partial charge on any atom is -0.383 e. The topological polar surface area (TPSA) is 48.9 Å². The van der Waals surface area contributed by atoms with Gasteiger partial charge >= 0.3 is 0 Å². The van der Waals surface area contributed by atoms with Crippen molar-refractivity contribution < 1.29 is 4.74 Å². The van der Waals surface area contributed by atoms with Gasteiger partial charge in [0.05, 0.1) is 12.6 Å². The number of guanidine groups is 1. The van der Waals surface area contributed by atoms with Crippen LogP contribution in [0.2, 0.25) is 0 Å². The lowest BCUT2D eigenvalue weighted by Crippen LogP contribution is -2.47. The second-order valence-corrected chi connectivity index (χ2v) is 7.68. The Morgan fingerprint density at radius 1 is 1.44 bits per heavy atom. The molecule has 2 atom stereocenters. The number of likely N-dealkylation sites (tertiary alicyclic amines) is 1. The largest absolute Gasteiger partial charge is 0.383 e. The number of nitrogens with zero attached hydrogens (tertiary/aromatic N) is 2. The molecule has 1 saturated heterocycles. The van der Waals surface area contributed by atoms with Crippen LogP contribution in [0.15, 0.2) is 22.5 Å². The highest BCUT2D eigenvalue weighted by atomic mass is 127. The molecule has 1 fully saturated rings. The van der Waals surface area contributed by atoms with Crippen LogP contribution in [-0.4, -0.2) is 57.3 Å². The van der Waals surface area contributed by atoms with E-state index in [1.165, 1.54) is 30.8 Å². The van der Waals surface area contributed by atoms with Gasteiger partial charge in [0.2, 0.25) is 0 Å². The predicted octanol–water partition coefficient (Wildman–Crippen LogP) is 3.34. The molecule has 0 amide bonds. The van der Waals surface area contributed by atoms with Gasteiger partial charge in [-0.25, -0.2) is 0 Å². The number of methoxy groups -OCH3 is 1. The number of hydrogen-bond acceptors (Lipinski definition) is 4. The molecule has 2 unspecified atom stereocenters. The maximum Gasteiger partial charge on any atom is 0.191 e. The van der Waals surface area contributed by atoms with Gasteiger partial charge in [0.1, 0.15) is 0 Å². The van der Waals surface area contributed by atoms with Gasteiger partial charge in [-0.2, -0.15) is 0 Å². The summed E-state index contributed by atoms with van der Waals surface area (Å²) >= 11 is 1.84. The van der Waals surface area contributed by atoms with E-state index >= 15 is 0 Å². The Kier molecular flexibility index (Phi) is 11.0. The Balaban J connectivity index is 0.00000312. The lowest BCUT2D eigenvalue weighted by Gasteiger charge is -2.36. The van der Waals surface area contributed by atoms with Crippen molar-refractivity contribution in [2.75, 3.05) is 40.4 Å². The minimum absolute atomic E-state index is 0. The van der Waals surface area contributed by atoms with Crippen molar-refractivity contribution >= 4 is 41.3 Å². The average molecular weight is 480 g/mol. The molecular weight excluding hydrogens is 447 g/mol. The van der Waals surface area contributed by atoms with E-state index in [0.717, 1.165) is 18.4 Å². The van der Waals surface area contributed by atoms with Crippen molar-refractivity contribution in [1.29, 1.82) is 0 Å². The first-order valence-electron chi connectivity index (χ1n) is 8.87. The molecule has 0 saturated carbocycles. The third-order valence-corrected chi connectivity index (χ3v) is 5.59. The van der Waals surface area contributed by atoms with E-state index in [1.807, 2.05) is 18.4 Å². The number of aliphatic imine (C=N–C) groups is 1. The standard InChI is InChI=1S/C18H32N4OS.HI/c1-14-7-9-22(10-8-14)16(17-6-5-11-24-17)12-20-18(19-3)21-15(2)13-23-4;/h5-6,11,14-16H,7-10,12-13H2,1-4H3,(H2,19,20,21);1H. The molecule has 2 N–H and O–H groups in total. The zero-order chi connectivity index (χ0) is 17.4. The number of ether oxygens (including phenoxy) is 1. The highest BCUT2D eigenvalue weighted by Crippen LogP contribution is 2.28. The predicted molar refractivity (Wildman–Crippen MR) is 118 cm³/mol. The van der Waals surface area contributed by atoms with Gasteiger partial charge in [-0.15, -0.1) is 35.3 Å².